The molecule has 5 heterocycles. The minimum atomic E-state index is -0.512. The van der Waals surface area contributed by atoms with E-state index in [4.69, 9.17) is 9.97 Å². The number of pyridine rings is 1. The Morgan fingerprint density at radius 3 is 2.26 bits per heavy atom. The van der Waals surface area contributed by atoms with Crippen LogP contribution in [0.3, 0.4) is 0 Å². The number of likely N-dealkylation sites (tertiary alicyclic amines) is 1. The summed E-state index contributed by atoms with van der Waals surface area (Å²) in [5, 5.41) is 6.26. The normalized spacial score (nSPS) is 22.7. The fourth-order valence-electron chi connectivity index (χ4n) is 11.5. The van der Waals surface area contributed by atoms with Gasteiger partial charge in [-0.05, 0) is 135 Å². The van der Waals surface area contributed by atoms with Crippen LogP contribution in [0.5, 0.6) is 0 Å². The Labute approximate surface area is 369 Å². The molecule has 2 aromatic heterocycles. The maximum atomic E-state index is 15.8. The Morgan fingerprint density at radius 2 is 1.56 bits per heavy atom. The lowest BCUT2D eigenvalue weighted by molar-refractivity contribution is -0.125. The average Bonchev–Trinajstić information content (AvgIpc) is 3.81. The third-order valence-corrected chi connectivity index (χ3v) is 15.1. The Kier molecular flexibility index (Phi) is 12.5. The van der Waals surface area contributed by atoms with Crippen LogP contribution < -0.4 is 15.5 Å². The number of hydrogen-bond acceptors (Lipinski definition) is 7. The first-order valence-corrected chi connectivity index (χ1v) is 24.2. The molecule has 4 aromatic rings. The smallest absolute Gasteiger partial charge is 0.251 e. The number of carbonyl (C=O) groups excluding carboxylic acids is 2. The summed E-state index contributed by atoms with van der Waals surface area (Å²) < 4.78 is 17.9. The second-order valence-corrected chi connectivity index (χ2v) is 20.1. The molecular formula is C50H68BFN8O2. The van der Waals surface area contributed by atoms with Crippen molar-refractivity contribution in [1.82, 2.24) is 29.6 Å². The van der Waals surface area contributed by atoms with Crippen LogP contribution >= 0.6 is 0 Å². The number of nitrogens with one attached hydrogen (secondary N) is 2. The van der Waals surface area contributed by atoms with Gasteiger partial charge in [-0.3, -0.25) is 9.59 Å². The van der Waals surface area contributed by atoms with Gasteiger partial charge in [0, 0.05) is 41.0 Å². The van der Waals surface area contributed by atoms with Crippen LogP contribution in [0.2, 0.25) is 5.82 Å². The zero-order chi connectivity index (χ0) is 43.1. The van der Waals surface area contributed by atoms with E-state index in [1.54, 1.807) is 13.0 Å². The van der Waals surface area contributed by atoms with Gasteiger partial charge >= 0.3 is 0 Å². The van der Waals surface area contributed by atoms with Crippen molar-refractivity contribution in [3.63, 3.8) is 0 Å². The van der Waals surface area contributed by atoms with Gasteiger partial charge in [-0.25, -0.2) is 14.4 Å². The largest absolute Gasteiger partial charge is 0.350 e. The number of halogens is 1. The molecule has 12 heteroatoms. The van der Waals surface area contributed by atoms with Gasteiger partial charge in [0.15, 0.2) is 5.82 Å². The zero-order valence-corrected chi connectivity index (χ0v) is 37.9. The van der Waals surface area contributed by atoms with Crippen molar-refractivity contribution in [2.24, 2.45) is 0 Å². The number of benzene rings is 2. The zero-order valence-electron chi connectivity index (χ0n) is 37.9. The first-order valence-electron chi connectivity index (χ1n) is 24.2. The summed E-state index contributed by atoms with van der Waals surface area (Å²) in [5.74, 6) is 0.801. The molecule has 2 saturated carbocycles. The number of amides is 2. The van der Waals surface area contributed by atoms with Crippen molar-refractivity contribution in [1.29, 1.82) is 0 Å². The summed E-state index contributed by atoms with van der Waals surface area (Å²) in [5.41, 5.74) is 5.92. The molecule has 5 aliphatic rings. The van der Waals surface area contributed by atoms with Gasteiger partial charge < -0.3 is 29.8 Å². The topological polar surface area (TPSA) is 98.6 Å². The monoisotopic (exact) mass is 843 g/mol. The van der Waals surface area contributed by atoms with Crippen LogP contribution in [0.4, 0.5) is 21.6 Å². The lowest BCUT2D eigenvalue weighted by Crippen LogP contribution is -2.58. The van der Waals surface area contributed by atoms with E-state index >= 15 is 9.18 Å². The first kappa shape index (κ1) is 43.0. The predicted octanol–water partition coefficient (Wildman–Crippen LogP) is 9.98. The Bertz CT molecular complexity index is 2260. The fraction of sp³-hybridized carbons (Fsp3) is 0.600. The van der Waals surface area contributed by atoms with E-state index in [9.17, 15) is 4.79 Å². The number of carbonyl (C=O) groups is 2. The summed E-state index contributed by atoms with van der Waals surface area (Å²) in [4.78, 5) is 46.0. The molecule has 3 aliphatic heterocycles. The number of aryl methyl sites for hydroxylation is 1. The third-order valence-electron chi connectivity index (χ3n) is 15.1. The van der Waals surface area contributed by atoms with E-state index < -0.39 is 11.2 Å². The lowest BCUT2D eigenvalue weighted by atomic mass is 9.65. The Morgan fingerprint density at radius 1 is 0.871 bits per heavy atom. The van der Waals surface area contributed by atoms with Crippen molar-refractivity contribution in [2.45, 2.75) is 166 Å². The molecule has 2 aliphatic carbocycles. The molecule has 0 radical (unpaired) electrons. The number of aromatic nitrogens is 3. The second kappa shape index (κ2) is 18.1. The Hall–Kier alpha value is -4.29. The van der Waals surface area contributed by atoms with E-state index in [2.05, 4.69) is 57.3 Å². The summed E-state index contributed by atoms with van der Waals surface area (Å²) in [6.07, 6.45) is 20.3. The van der Waals surface area contributed by atoms with Gasteiger partial charge in [-0.1, -0.05) is 75.7 Å². The maximum Gasteiger partial charge on any atom is 0.251 e. The standard InChI is InChI=1S/C50H68BFN8O2/c1-32(2)54-48(61)39-29-43(41(52)25-34(39)5)56-47-46-44(53-31-59(46)33(3)4)30-42(55-47)35-17-18-40-45(26-35)60(38-27-37(28-38)57-21-13-10-14-22-57)49(62)50(40)19-23-58(24-20-50)51-36-15-11-8-6-7-9-12-16-36/h17-18,25-26,29-33,36-38,51H,6-16,19-24,27-28H2,1-5H3,(H,54,61)(H,55,56). The molecule has 9 rings (SSSR count). The van der Waals surface area contributed by atoms with Crippen molar-refractivity contribution in [3.8, 4) is 11.3 Å². The highest BCUT2D eigenvalue weighted by Gasteiger charge is 2.55. The van der Waals surface area contributed by atoms with Crippen LogP contribution in [0.1, 0.15) is 152 Å². The van der Waals surface area contributed by atoms with Crippen molar-refractivity contribution in [3.05, 3.63) is 65.2 Å². The summed E-state index contributed by atoms with van der Waals surface area (Å²) >= 11 is 0. The van der Waals surface area contributed by atoms with Gasteiger partial charge in [0.2, 0.25) is 13.3 Å². The number of anilines is 3. The molecule has 2 aromatic carbocycles. The molecule has 62 heavy (non-hydrogen) atoms. The molecule has 4 fully saturated rings. The van der Waals surface area contributed by atoms with E-state index in [-0.39, 0.29) is 29.7 Å². The summed E-state index contributed by atoms with van der Waals surface area (Å²) in [7, 11) is 1.16. The number of nitrogens with zero attached hydrogens (tertiary/aromatic N) is 6. The van der Waals surface area contributed by atoms with Gasteiger partial charge in [0.05, 0.1) is 28.6 Å². The van der Waals surface area contributed by atoms with Crippen LogP contribution in [0.25, 0.3) is 22.3 Å². The lowest BCUT2D eigenvalue weighted by Gasteiger charge is -2.48. The minimum absolute atomic E-state index is 0.0615. The van der Waals surface area contributed by atoms with Gasteiger partial charge in [-0.2, -0.15) is 0 Å². The first-order chi connectivity index (χ1) is 30.0. The van der Waals surface area contributed by atoms with E-state index in [0.717, 1.165) is 74.3 Å². The molecule has 0 bridgehead atoms. The summed E-state index contributed by atoms with van der Waals surface area (Å²) in [6, 6.07) is 12.3. The third kappa shape index (κ3) is 8.42. The molecule has 2 saturated heterocycles. The van der Waals surface area contributed by atoms with Crippen molar-refractivity contribution in [2.75, 3.05) is 36.4 Å². The minimum Gasteiger partial charge on any atom is -0.350 e. The van der Waals surface area contributed by atoms with Crippen LogP contribution in [0, 0.1) is 12.7 Å². The number of rotatable bonds is 10. The van der Waals surface area contributed by atoms with Crippen molar-refractivity contribution < 1.29 is 14.0 Å². The molecule has 2 amide bonds. The molecular weight excluding hydrogens is 774 g/mol. The van der Waals surface area contributed by atoms with Crippen LogP contribution in [0.15, 0.2) is 42.7 Å². The van der Waals surface area contributed by atoms with Gasteiger partial charge in [0.1, 0.15) is 11.3 Å². The molecule has 0 unspecified atom stereocenters. The van der Waals surface area contributed by atoms with E-state index in [0.29, 0.717) is 34.6 Å². The molecule has 0 atom stereocenters. The van der Waals surface area contributed by atoms with Crippen LogP contribution in [-0.4, -0.2) is 87.8 Å². The molecule has 10 nitrogen and oxygen atoms in total. The number of imidazole rings is 1. The highest BCUT2D eigenvalue weighted by Crippen LogP contribution is 2.52. The molecule has 330 valence electrons. The SMILES string of the molecule is Cc1cc(F)c(Nc2nc(-c3ccc4c(c3)N(C3CC(N5CCCCC5)C3)C(=O)C43CCN(BC4CCCCCCCC4)CC3)cc3ncn(C(C)C)c23)cc1C(=O)NC(C)C. The molecule has 1 spiro atoms. The van der Waals surface area contributed by atoms with Crippen LogP contribution in [-0.2, 0) is 10.2 Å². The van der Waals surface area contributed by atoms with Gasteiger partial charge in [0.25, 0.3) is 5.91 Å². The average molecular weight is 843 g/mol. The van der Waals surface area contributed by atoms with Gasteiger partial charge in [-0.15, -0.1) is 0 Å². The maximum absolute atomic E-state index is 15.8. The predicted molar refractivity (Wildman–Crippen MR) is 250 cm³/mol. The summed E-state index contributed by atoms with van der Waals surface area (Å²) in [6.45, 7) is 14.0. The number of fused-ring (bicyclic) bond motifs is 3. The fourth-order valence-corrected chi connectivity index (χ4v) is 11.5. The second-order valence-electron chi connectivity index (χ2n) is 20.1. The highest BCUT2D eigenvalue weighted by atomic mass is 19.1. The van der Waals surface area contributed by atoms with E-state index in [1.807, 2.05) is 30.8 Å². The molecule has 2 N–H and O–H groups in total. The Balaban J connectivity index is 1.05. The highest BCUT2D eigenvalue weighted by molar-refractivity contribution is 6.34. The van der Waals surface area contributed by atoms with Crippen molar-refractivity contribution >= 4 is 47.5 Å². The number of piperidine rings is 2. The van der Waals surface area contributed by atoms with E-state index in [1.165, 1.54) is 95.3 Å². The number of hydrogen-bond donors (Lipinski definition) is 2. The quantitative estimate of drug-likeness (QED) is 0.154.